The minimum Gasteiger partial charge on any atom is -0.312 e. The van der Waals surface area contributed by atoms with Gasteiger partial charge in [0.15, 0.2) is 0 Å². The van der Waals surface area contributed by atoms with Crippen LogP contribution in [-0.2, 0) is 6.54 Å². The minimum absolute atomic E-state index is 0.128. The van der Waals surface area contributed by atoms with Crippen molar-refractivity contribution in [1.29, 1.82) is 0 Å². The van der Waals surface area contributed by atoms with E-state index in [1.807, 2.05) is 0 Å². The Hall–Kier alpha value is -0.670. The first kappa shape index (κ1) is 13.8. The molecule has 2 rings (SSSR count). The van der Waals surface area contributed by atoms with Crippen molar-refractivity contribution >= 4 is 11.6 Å². The van der Waals surface area contributed by atoms with Crippen LogP contribution in [0.1, 0.15) is 31.2 Å². The maximum atomic E-state index is 13.4. The molecule has 0 spiro atoms. The first-order chi connectivity index (χ1) is 8.66. The highest BCUT2D eigenvalue weighted by atomic mass is 35.5. The van der Waals surface area contributed by atoms with Gasteiger partial charge in [-0.25, -0.2) is 8.78 Å². The predicted octanol–water partition coefficient (Wildman–Crippen LogP) is 3.85. The summed E-state index contributed by atoms with van der Waals surface area (Å²) < 4.78 is 26.7. The largest absolute Gasteiger partial charge is 0.312 e. The summed E-state index contributed by atoms with van der Waals surface area (Å²) in [7, 11) is 0. The second kappa shape index (κ2) is 6.48. The number of rotatable bonds is 4. The molecule has 0 radical (unpaired) electrons. The molecule has 1 nitrogen and oxygen atoms in total. The van der Waals surface area contributed by atoms with Crippen LogP contribution in [0.25, 0.3) is 0 Å². The third-order valence-electron chi connectivity index (χ3n) is 3.57. The van der Waals surface area contributed by atoms with Crippen LogP contribution in [0.3, 0.4) is 0 Å². The summed E-state index contributed by atoms with van der Waals surface area (Å²) in [6.45, 7) is 1.05. The second-order valence-electron chi connectivity index (χ2n) is 4.95. The molecule has 1 aromatic carbocycles. The van der Waals surface area contributed by atoms with E-state index >= 15 is 0 Å². The Morgan fingerprint density at radius 1 is 1.11 bits per heavy atom. The molecule has 0 bridgehead atoms. The Morgan fingerprint density at radius 3 is 2.33 bits per heavy atom. The van der Waals surface area contributed by atoms with Gasteiger partial charge in [0.25, 0.3) is 0 Å². The Morgan fingerprint density at radius 2 is 1.72 bits per heavy atom. The molecule has 4 heteroatoms. The lowest BCUT2D eigenvalue weighted by molar-refractivity contribution is 0.344. The Labute approximate surface area is 112 Å². The van der Waals surface area contributed by atoms with E-state index in [0.717, 1.165) is 32.2 Å². The molecule has 1 aliphatic carbocycles. The fourth-order valence-corrected chi connectivity index (χ4v) is 2.68. The number of halogens is 3. The third kappa shape index (κ3) is 3.66. The molecule has 0 unspecified atom stereocenters. The van der Waals surface area contributed by atoms with Crippen molar-refractivity contribution in [2.45, 2.75) is 37.6 Å². The highest BCUT2D eigenvalue weighted by Crippen LogP contribution is 2.27. The molecule has 0 atom stereocenters. The summed E-state index contributed by atoms with van der Waals surface area (Å²) in [4.78, 5) is 0. The van der Waals surface area contributed by atoms with Crippen LogP contribution in [0.2, 0.25) is 0 Å². The average Bonchev–Trinajstić information content (AvgIpc) is 2.35. The van der Waals surface area contributed by atoms with Gasteiger partial charge in [-0.1, -0.05) is 6.07 Å². The van der Waals surface area contributed by atoms with Crippen LogP contribution < -0.4 is 5.32 Å². The van der Waals surface area contributed by atoms with E-state index in [-0.39, 0.29) is 12.1 Å². The monoisotopic (exact) mass is 273 g/mol. The molecule has 18 heavy (non-hydrogen) atoms. The molecule has 0 aromatic heterocycles. The number of nitrogens with one attached hydrogen (secondary N) is 1. The van der Waals surface area contributed by atoms with Crippen LogP contribution in [0.4, 0.5) is 8.78 Å². The third-order valence-corrected chi connectivity index (χ3v) is 4.01. The predicted molar refractivity (Wildman–Crippen MR) is 69.7 cm³/mol. The van der Waals surface area contributed by atoms with Gasteiger partial charge in [-0.15, -0.1) is 11.6 Å². The van der Waals surface area contributed by atoms with Gasteiger partial charge in [0.2, 0.25) is 0 Å². The summed E-state index contributed by atoms with van der Waals surface area (Å²) in [6.07, 6.45) is 4.28. The Kier molecular flexibility index (Phi) is 4.95. The fraction of sp³-hybridized carbons (Fsp3) is 0.571. The molecule has 1 aromatic rings. The van der Waals surface area contributed by atoms with Crippen molar-refractivity contribution in [3.63, 3.8) is 0 Å². The summed E-state index contributed by atoms with van der Waals surface area (Å²) >= 11 is 6.03. The maximum Gasteiger partial charge on any atom is 0.130 e. The zero-order chi connectivity index (χ0) is 13.0. The minimum atomic E-state index is -0.480. The molecule has 0 heterocycles. The van der Waals surface area contributed by atoms with Crippen LogP contribution in [0, 0.1) is 17.6 Å². The van der Waals surface area contributed by atoms with Crippen molar-refractivity contribution in [2.75, 3.05) is 6.54 Å². The van der Waals surface area contributed by atoms with Crippen LogP contribution in [-0.4, -0.2) is 11.9 Å². The van der Waals surface area contributed by atoms with E-state index < -0.39 is 11.6 Å². The van der Waals surface area contributed by atoms with Crippen LogP contribution in [0.15, 0.2) is 18.2 Å². The molecular formula is C14H18ClF2N. The summed E-state index contributed by atoms with van der Waals surface area (Å²) in [6, 6.07) is 3.97. The van der Waals surface area contributed by atoms with Gasteiger partial charge in [0, 0.05) is 17.5 Å². The zero-order valence-corrected chi connectivity index (χ0v) is 11.0. The van der Waals surface area contributed by atoms with Gasteiger partial charge in [-0.2, -0.15) is 0 Å². The molecular weight excluding hydrogens is 256 g/mol. The lowest BCUT2D eigenvalue weighted by atomic mass is 9.89. The lowest BCUT2D eigenvalue weighted by Gasteiger charge is -2.25. The molecule has 0 saturated heterocycles. The standard InChI is InChI=1S/C14H18ClF2N/c15-11-6-4-10(5-7-11)8-18-9-12-13(16)2-1-3-14(12)17/h1-3,10-11,18H,4-9H2. The topological polar surface area (TPSA) is 12.0 Å². The first-order valence-electron chi connectivity index (χ1n) is 6.44. The zero-order valence-electron chi connectivity index (χ0n) is 10.3. The normalized spacial score (nSPS) is 24.2. The van der Waals surface area contributed by atoms with E-state index in [2.05, 4.69) is 5.32 Å². The number of hydrogen-bond acceptors (Lipinski definition) is 1. The van der Waals surface area contributed by atoms with E-state index in [1.165, 1.54) is 18.2 Å². The van der Waals surface area contributed by atoms with Gasteiger partial charge in [0.1, 0.15) is 11.6 Å². The van der Waals surface area contributed by atoms with E-state index in [9.17, 15) is 8.78 Å². The first-order valence-corrected chi connectivity index (χ1v) is 6.88. The average molecular weight is 274 g/mol. The Balaban J connectivity index is 1.78. The number of hydrogen-bond donors (Lipinski definition) is 1. The van der Waals surface area contributed by atoms with E-state index in [4.69, 9.17) is 11.6 Å². The molecule has 1 saturated carbocycles. The smallest absolute Gasteiger partial charge is 0.130 e. The molecule has 0 amide bonds. The summed E-state index contributed by atoms with van der Waals surface area (Å²) in [5.74, 6) is -0.381. The van der Waals surface area contributed by atoms with E-state index in [0.29, 0.717) is 11.3 Å². The fourth-order valence-electron chi connectivity index (χ4n) is 2.43. The van der Waals surface area contributed by atoms with Gasteiger partial charge in [0.05, 0.1) is 0 Å². The Bertz CT molecular complexity index is 369. The summed E-state index contributed by atoms with van der Waals surface area (Å²) in [5.41, 5.74) is 0.128. The van der Waals surface area contributed by atoms with Crippen molar-refractivity contribution in [2.24, 2.45) is 5.92 Å². The van der Waals surface area contributed by atoms with E-state index in [1.54, 1.807) is 0 Å². The molecule has 1 aliphatic rings. The number of alkyl halides is 1. The van der Waals surface area contributed by atoms with Crippen LogP contribution in [0.5, 0.6) is 0 Å². The van der Waals surface area contributed by atoms with Crippen molar-refractivity contribution < 1.29 is 8.78 Å². The van der Waals surface area contributed by atoms with Gasteiger partial charge < -0.3 is 5.32 Å². The molecule has 100 valence electrons. The molecule has 1 N–H and O–H groups in total. The SMILES string of the molecule is Fc1cccc(F)c1CNCC1CCC(Cl)CC1. The summed E-state index contributed by atoms with van der Waals surface area (Å²) in [5, 5.41) is 3.46. The van der Waals surface area contributed by atoms with Crippen molar-refractivity contribution in [3.8, 4) is 0 Å². The second-order valence-corrected chi connectivity index (χ2v) is 5.57. The van der Waals surface area contributed by atoms with Gasteiger partial charge in [-0.05, 0) is 50.3 Å². The van der Waals surface area contributed by atoms with Crippen LogP contribution >= 0.6 is 11.6 Å². The lowest BCUT2D eigenvalue weighted by Crippen LogP contribution is -2.27. The van der Waals surface area contributed by atoms with Gasteiger partial charge in [-0.3, -0.25) is 0 Å². The van der Waals surface area contributed by atoms with Crippen molar-refractivity contribution in [3.05, 3.63) is 35.4 Å². The maximum absolute atomic E-state index is 13.4. The molecule has 1 fully saturated rings. The molecule has 0 aliphatic heterocycles. The highest BCUT2D eigenvalue weighted by molar-refractivity contribution is 6.20. The van der Waals surface area contributed by atoms with Gasteiger partial charge >= 0.3 is 0 Å². The number of benzene rings is 1. The highest BCUT2D eigenvalue weighted by Gasteiger charge is 2.19. The quantitative estimate of drug-likeness (QED) is 0.822. The van der Waals surface area contributed by atoms with Crippen molar-refractivity contribution in [1.82, 2.24) is 5.32 Å².